The second-order valence-corrected chi connectivity index (χ2v) is 4.39. The van der Waals surface area contributed by atoms with E-state index in [1.807, 2.05) is 35.7 Å². The van der Waals surface area contributed by atoms with E-state index in [1.54, 1.807) is 6.20 Å². The highest BCUT2D eigenvalue weighted by Gasteiger charge is 2.37. The third kappa shape index (κ3) is 1.29. The van der Waals surface area contributed by atoms with Crippen molar-refractivity contribution in [2.45, 2.75) is 12.5 Å². The molecule has 0 aromatic carbocycles. The van der Waals surface area contributed by atoms with Crippen LogP contribution in [-0.4, -0.2) is 33.2 Å². The Kier molecular flexibility index (Phi) is 1.59. The number of nitrogens with zero attached hydrogens (tertiary/aromatic N) is 3. The number of hydrogen-bond donors (Lipinski definition) is 1. The summed E-state index contributed by atoms with van der Waals surface area (Å²) in [5, 5.41) is 9.70. The number of rotatable bonds is 1. The maximum atomic E-state index is 9.70. The Morgan fingerprint density at radius 3 is 2.93 bits per heavy atom. The maximum absolute atomic E-state index is 9.70. The summed E-state index contributed by atoms with van der Waals surface area (Å²) in [7, 11) is 0. The Balaban J connectivity index is 2.02. The summed E-state index contributed by atoms with van der Waals surface area (Å²) in [6, 6.07) is 6.01. The number of β-amino-alcohol motifs (C(OH)–C–C–N with tert-alkyl or cyclic N) is 1. The van der Waals surface area contributed by atoms with Crippen LogP contribution in [0.5, 0.6) is 0 Å². The summed E-state index contributed by atoms with van der Waals surface area (Å²) in [5.41, 5.74) is 0.405. The molecular weight excluding hydrogens is 190 g/mol. The molecule has 0 unspecified atom stereocenters. The first-order chi connectivity index (χ1) is 7.16. The first-order valence-electron chi connectivity index (χ1n) is 5.05. The molecule has 0 atom stereocenters. The molecule has 15 heavy (non-hydrogen) atoms. The first kappa shape index (κ1) is 8.73. The number of aliphatic hydroxyl groups is 1. The standard InChI is InChI=1S/C11H13N3O/c1-11(15)7-13(8-11)10-4-2-3-9-12-5-6-14(9)10/h2-6,15H,7-8H2,1H3. The zero-order valence-electron chi connectivity index (χ0n) is 8.59. The second-order valence-electron chi connectivity index (χ2n) is 4.39. The largest absolute Gasteiger partial charge is 0.386 e. The van der Waals surface area contributed by atoms with Gasteiger partial charge in [-0.25, -0.2) is 4.98 Å². The zero-order valence-corrected chi connectivity index (χ0v) is 8.59. The van der Waals surface area contributed by atoms with E-state index in [9.17, 15) is 5.11 Å². The van der Waals surface area contributed by atoms with Crippen LogP contribution in [0, 0.1) is 0 Å². The molecular formula is C11H13N3O. The van der Waals surface area contributed by atoms with Crippen molar-refractivity contribution in [1.82, 2.24) is 9.38 Å². The van der Waals surface area contributed by atoms with Crippen LogP contribution < -0.4 is 4.90 Å². The lowest BCUT2D eigenvalue weighted by atomic mass is 9.97. The van der Waals surface area contributed by atoms with Gasteiger partial charge in [0.15, 0.2) is 0 Å². The number of hydrogen-bond acceptors (Lipinski definition) is 3. The molecule has 4 nitrogen and oxygen atoms in total. The molecule has 1 aliphatic heterocycles. The van der Waals surface area contributed by atoms with E-state index >= 15 is 0 Å². The summed E-state index contributed by atoms with van der Waals surface area (Å²) in [6.07, 6.45) is 3.73. The normalized spacial score (nSPS) is 19.2. The number of pyridine rings is 1. The first-order valence-corrected chi connectivity index (χ1v) is 5.05. The van der Waals surface area contributed by atoms with Gasteiger partial charge in [0.2, 0.25) is 0 Å². The third-order valence-corrected chi connectivity index (χ3v) is 2.79. The lowest BCUT2D eigenvalue weighted by Gasteiger charge is -2.45. The van der Waals surface area contributed by atoms with Crippen LogP contribution in [0.3, 0.4) is 0 Å². The minimum Gasteiger partial charge on any atom is -0.386 e. The van der Waals surface area contributed by atoms with Crippen molar-refractivity contribution >= 4 is 11.5 Å². The zero-order chi connectivity index (χ0) is 10.5. The van der Waals surface area contributed by atoms with E-state index < -0.39 is 5.60 Å². The van der Waals surface area contributed by atoms with Gasteiger partial charge in [0.25, 0.3) is 0 Å². The SMILES string of the molecule is CC1(O)CN(c2cccc3nccn23)C1. The second kappa shape index (κ2) is 2.73. The van der Waals surface area contributed by atoms with Gasteiger partial charge in [0.1, 0.15) is 11.5 Å². The molecule has 0 spiro atoms. The summed E-state index contributed by atoms with van der Waals surface area (Å²) in [6.45, 7) is 3.23. The summed E-state index contributed by atoms with van der Waals surface area (Å²) >= 11 is 0. The van der Waals surface area contributed by atoms with Gasteiger partial charge in [-0.05, 0) is 19.1 Å². The van der Waals surface area contributed by atoms with Crippen LogP contribution >= 0.6 is 0 Å². The van der Waals surface area contributed by atoms with E-state index in [1.165, 1.54) is 0 Å². The van der Waals surface area contributed by atoms with Gasteiger partial charge in [-0.1, -0.05) is 6.07 Å². The van der Waals surface area contributed by atoms with Crippen molar-refractivity contribution in [2.24, 2.45) is 0 Å². The fraction of sp³-hybridized carbons (Fsp3) is 0.364. The molecule has 0 amide bonds. The Morgan fingerprint density at radius 2 is 2.20 bits per heavy atom. The van der Waals surface area contributed by atoms with Crippen molar-refractivity contribution in [3.8, 4) is 0 Å². The topological polar surface area (TPSA) is 40.8 Å². The fourth-order valence-electron chi connectivity index (χ4n) is 2.13. The van der Waals surface area contributed by atoms with Gasteiger partial charge in [0, 0.05) is 25.5 Å². The van der Waals surface area contributed by atoms with Crippen molar-refractivity contribution in [3.05, 3.63) is 30.6 Å². The van der Waals surface area contributed by atoms with E-state index in [2.05, 4.69) is 9.88 Å². The molecule has 78 valence electrons. The Labute approximate surface area is 87.8 Å². The predicted octanol–water partition coefficient (Wildman–Crippen LogP) is 0.905. The molecule has 1 fully saturated rings. The molecule has 2 aromatic rings. The smallest absolute Gasteiger partial charge is 0.138 e. The van der Waals surface area contributed by atoms with E-state index in [4.69, 9.17) is 0 Å². The summed E-state index contributed by atoms with van der Waals surface area (Å²) in [5.74, 6) is 1.09. The number of imidazole rings is 1. The Bertz CT molecular complexity index is 495. The van der Waals surface area contributed by atoms with Gasteiger partial charge in [-0.3, -0.25) is 4.40 Å². The van der Waals surface area contributed by atoms with Crippen molar-refractivity contribution in [2.75, 3.05) is 18.0 Å². The Morgan fingerprint density at radius 1 is 1.40 bits per heavy atom. The van der Waals surface area contributed by atoms with Gasteiger partial charge >= 0.3 is 0 Å². The van der Waals surface area contributed by atoms with Crippen molar-refractivity contribution < 1.29 is 5.11 Å². The van der Waals surface area contributed by atoms with Crippen molar-refractivity contribution in [3.63, 3.8) is 0 Å². The molecule has 0 radical (unpaired) electrons. The summed E-state index contributed by atoms with van der Waals surface area (Å²) in [4.78, 5) is 6.38. The van der Waals surface area contributed by atoms with Crippen LogP contribution in [0.1, 0.15) is 6.92 Å². The highest BCUT2D eigenvalue weighted by atomic mass is 16.3. The molecule has 1 N–H and O–H groups in total. The lowest BCUT2D eigenvalue weighted by Crippen LogP contribution is -2.60. The minimum atomic E-state index is -0.539. The maximum Gasteiger partial charge on any atom is 0.138 e. The van der Waals surface area contributed by atoms with Crippen LogP contribution in [0.2, 0.25) is 0 Å². The molecule has 3 rings (SSSR count). The average Bonchev–Trinajstić information content (AvgIpc) is 2.60. The minimum absolute atomic E-state index is 0.539. The quantitative estimate of drug-likeness (QED) is 0.748. The lowest BCUT2D eigenvalue weighted by molar-refractivity contribution is 0.0304. The highest BCUT2D eigenvalue weighted by molar-refractivity contribution is 5.53. The van der Waals surface area contributed by atoms with E-state index in [-0.39, 0.29) is 0 Å². The summed E-state index contributed by atoms with van der Waals surface area (Å²) < 4.78 is 2.04. The monoisotopic (exact) mass is 203 g/mol. The molecule has 4 heteroatoms. The fourth-order valence-corrected chi connectivity index (χ4v) is 2.13. The van der Waals surface area contributed by atoms with Gasteiger partial charge in [-0.2, -0.15) is 0 Å². The van der Waals surface area contributed by atoms with Crippen molar-refractivity contribution in [1.29, 1.82) is 0 Å². The molecule has 0 bridgehead atoms. The molecule has 0 aliphatic carbocycles. The molecule has 1 saturated heterocycles. The average molecular weight is 203 g/mol. The van der Waals surface area contributed by atoms with Gasteiger partial charge < -0.3 is 10.0 Å². The predicted molar refractivity (Wildman–Crippen MR) is 58.0 cm³/mol. The number of anilines is 1. The van der Waals surface area contributed by atoms with Gasteiger partial charge in [-0.15, -0.1) is 0 Å². The van der Waals surface area contributed by atoms with Crippen LogP contribution in [0.15, 0.2) is 30.6 Å². The highest BCUT2D eigenvalue weighted by Crippen LogP contribution is 2.27. The van der Waals surface area contributed by atoms with E-state index in [0.29, 0.717) is 13.1 Å². The Hall–Kier alpha value is -1.55. The number of aromatic nitrogens is 2. The van der Waals surface area contributed by atoms with Crippen LogP contribution in [0.25, 0.3) is 5.65 Å². The molecule has 1 aliphatic rings. The third-order valence-electron chi connectivity index (χ3n) is 2.79. The van der Waals surface area contributed by atoms with Crippen LogP contribution in [-0.2, 0) is 0 Å². The molecule has 2 aromatic heterocycles. The van der Waals surface area contributed by atoms with Crippen LogP contribution in [0.4, 0.5) is 5.82 Å². The van der Waals surface area contributed by atoms with E-state index in [0.717, 1.165) is 11.5 Å². The van der Waals surface area contributed by atoms with Gasteiger partial charge in [0.05, 0.1) is 5.60 Å². The number of fused-ring (bicyclic) bond motifs is 1. The molecule has 0 saturated carbocycles. The molecule has 3 heterocycles.